The van der Waals surface area contributed by atoms with Gasteiger partial charge in [0.05, 0.1) is 19.9 Å². The van der Waals surface area contributed by atoms with Crippen LogP contribution in [0, 0.1) is 11.3 Å². The molecule has 0 spiro atoms. The zero-order chi connectivity index (χ0) is 23.4. The molecule has 0 unspecified atom stereocenters. The maximum atomic E-state index is 13.6. The summed E-state index contributed by atoms with van der Waals surface area (Å²) in [5, 5.41) is 1.65. The summed E-state index contributed by atoms with van der Waals surface area (Å²) in [7, 11) is 2.59. The van der Waals surface area contributed by atoms with Gasteiger partial charge in [-0.25, -0.2) is 5.06 Å². The molecular weight excluding hydrogens is 418 g/mol. The Morgan fingerprint density at radius 2 is 1.21 bits per heavy atom. The van der Waals surface area contributed by atoms with Gasteiger partial charge in [-0.15, -0.1) is 0 Å². The van der Waals surface area contributed by atoms with Gasteiger partial charge < -0.3 is 9.47 Å². The number of hydroxylamine groups is 1. The average Bonchev–Trinajstić information content (AvgIpc) is 2.89. The maximum Gasteiger partial charge on any atom is 0.326 e. The summed E-state index contributed by atoms with van der Waals surface area (Å²) in [5.74, 6) is -1.94. The smallest absolute Gasteiger partial charge is 0.326 e. The van der Waals surface area contributed by atoms with Crippen molar-refractivity contribution in [3.05, 3.63) is 102 Å². The monoisotopic (exact) mass is 445 g/mol. The molecule has 6 heteroatoms. The van der Waals surface area contributed by atoms with E-state index in [-0.39, 0.29) is 0 Å². The molecule has 0 amide bonds. The van der Waals surface area contributed by atoms with E-state index in [1.807, 2.05) is 97.9 Å². The number of rotatable bonds is 5. The van der Waals surface area contributed by atoms with Crippen molar-refractivity contribution in [3.63, 3.8) is 0 Å². The molecule has 0 bridgehead atoms. The van der Waals surface area contributed by atoms with Gasteiger partial charge in [0.25, 0.3) is 0 Å². The zero-order valence-corrected chi connectivity index (χ0v) is 18.9. The summed E-state index contributed by atoms with van der Waals surface area (Å²) >= 11 is 0. The van der Waals surface area contributed by atoms with Crippen LogP contribution in [0.25, 0.3) is 0 Å². The molecule has 3 aromatic carbocycles. The molecule has 6 nitrogen and oxygen atoms in total. The third-order valence-electron chi connectivity index (χ3n) is 6.37. The van der Waals surface area contributed by atoms with Crippen LogP contribution in [0.3, 0.4) is 0 Å². The number of ether oxygens (including phenoxy) is 2. The van der Waals surface area contributed by atoms with Gasteiger partial charge in [-0.3, -0.25) is 14.4 Å². The van der Waals surface area contributed by atoms with Crippen LogP contribution in [0.4, 0.5) is 5.69 Å². The third-order valence-corrected chi connectivity index (χ3v) is 6.37. The van der Waals surface area contributed by atoms with E-state index in [4.69, 9.17) is 14.3 Å². The molecule has 0 radical (unpaired) electrons. The minimum Gasteiger partial charge on any atom is -0.468 e. The molecule has 3 atom stereocenters. The van der Waals surface area contributed by atoms with Gasteiger partial charge in [-0.2, -0.15) is 0 Å². The topological polar surface area (TPSA) is 65.1 Å². The van der Waals surface area contributed by atoms with Crippen LogP contribution in [-0.4, -0.2) is 26.2 Å². The Morgan fingerprint density at radius 3 is 1.70 bits per heavy atom. The Morgan fingerprint density at radius 1 is 0.758 bits per heavy atom. The number of anilines is 1. The van der Waals surface area contributed by atoms with Crippen molar-refractivity contribution >= 4 is 17.6 Å². The van der Waals surface area contributed by atoms with Crippen LogP contribution in [-0.2, 0) is 23.9 Å². The second-order valence-electron chi connectivity index (χ2n) is 8.05. The Hall–Kier alpha value is -3.64. The van der Waals surface area contributed by atoms with Crippen LogP contribution < -0.4 is 5.06 Å². The molecule has 33 heavy (non-hydrogen) atoms. The third kappa shape index (κ3) is 3.76. The van der Waals surface area contributed by atoms with Gasteiger partial charge in [-0.1, -0.05) is 85.8 Å². The predicted molar refractivity (Wildman–Crippen MR) is 124 cm³/mol. The zero-order valence-electron chi connectivity index (χ0n) is 18.9. The Labute approximate surface area is 193 Å². The highest BCUT2D eigenvalue weighted by Crippen LogP contribution is 2.56. The minimum absolute atomic E-state index is 0.607. The first-order chi connectivity index (χ1) is 16.1. The van der Waals surface area contributed by atoms with Crippen molar-refractivity contribution in [1.29, 1.82) is 0 Å². The van der Waals surface area contributed by atoms with Gasteiger partial charge in [0.1, 0.15) is 12.1 Å². The first-order valence-corrected chi connectivity index (χ1v) is 10.8. The molecule has 3 aromatic rings. The Balaban J connectivity index is 2.02. The van der Waals surface area contributed by atoms with Crippen LogP contribution in [0.15, 0.2) is 91.0 Å². The molecule has 1 aliphatic heterocycles. The fraction of sp³-hybridized carbons (Fsp3) is 0.259. The molecule has 4 rings (SSSR count). The highest BCUT2D eigenvalue weighted by Gasteiger charge is 2.66. The van der Waals surface area contributed by atoms with E-state index in [1.54, 1.807) is 5.06 Å². The van der Waals surface area contributed by atoms with E-state index in [1.165, 1.54) is 14.2 Å². The van der Waals surface area contributed by atoms with E-state index in [9.17, 15) is 9.59 Å². The normalized spacial score (nSPS) is 21.8. The van der Waals surface area contributed by atoms with Gasteiger partial charge in [-0.05, 0) is 23.3 Å². The van der Waals surface area contributed by atoms with Crippen LogP contribution in [0.1, 0.15) is 30.2 Å². The summed E-state index contributed by atoms with van der Waals surface area (Å²) in [6.07, 6.45) is -0.607. The number of nitrogens with zero attached hydrogens (tertiary/aromatic N) is 1. The summed E-state index contributed by atoms with van der Waals surface area (Å²) in [6, 6.07) is 27.5. The molecule has 0 saturated carbocycles. The molecule has 1 fully saturated rings. The lowest BCUT2D eigenvalue weighted by molar-refractivity contribution is -0.198. The van der Waals surface area contributed by atoms with Crippen LogP contribution >= 0.6 is 0 Å². The van der Waals surface area contributed by atoms with Crippen molar-refractivity contribution in [2.75, 3.05) is 19.3 Å². The Kier molecular flexibility index (Phi) is 6.47. The van der Waals surface area contributed by atoms with Gasteiger partial charge in [0.15, 0.2) is 5.41 Å². The number of hydrogen-bond acceptors (Lipinski definition) is 6. The summed E-state index contributed by atoms with van der Waals surface area (Å²) < 4.78 is 10.6. The van der Waals surface area contributed by atoms with E-state index >= 15 is 0 Å². The predicted octanol–water partition coefficient (Wildman–Crippen LogP) is 4.89. The second-order valence-corrected chi connectivity index (χ2v) is 8.05. The number of hydrogen-bond donors (Lipinski definition) is 0. The highest BCUT2D eigenvalue weighted by atomic mass is 16.7. The molecule has 1 heterocycles. The van der Waals surface area contributed by atoms with Crippen molar-refractivity contribution in [3.8, 4) is 0 Å². The number of benzene rings is 3. The van der Waals surface area contributed by atoms with Crippen LogP contribution in [0.2, 0.25) is 0 Å². The van der Waals surface area contributed by atoms with Crippen LogP contribution in [0.5, 0.6) is 0 Å². The first kappa shape index (κ1) is 22.6. The van der Waals surface area contributed by atoms with Crippen molar-refractivity contribution in [2.45, 2.75) is 19.1 Å². The Bertz CT molecular complexity index is 1070. The number of esters is 2. The summed E-state index contributed by atoms with van der Waals surface area (Å²) in [4.78, 5) is 33.9. The van der Waals surface area contributed by atoms with E-state index in [0.29, 0.717) is 5.69 Å². The van der Waals surface area contributed by atoms with Crippen molar-refractivity contribution in [2.24, 2.45) is 11.3 Å². The number of carbonyl (C=O) groups is 2. The molecular formula is C27H27NO5. The molecule has 1 saturated heterocycles. The second kappa shape index (κ2) is 9.46. The number of para-hydroxylation sites is 1. The fourth-order valence-electron chi connectivity index (χ4n) is 4.77. The lowest BCUT2D eigenvalue weighted by Gasteiger charge is -2.52. The summed E-state index contributed by atoms with van der Waals surface area (Å²) in [5.41, 5.74) is 0.584. The molecule has 0 aromatic heterocycles. The quantitative estimate of drug-likeness (QED) is 0.412. The first-order valence-electron chi connectivity index (χ1n) is 10.8. The number of carbonyl (C=O) groups excluding carboxylic acids is 2. The van der Waals surface area contributed by atoms with Crippen molar-refractivity contribution in [1.82, 2.24) is 0 Å². The largest absolute Gasteiger partial charge is 0.468 e. The van der Waals surface area contributed by atoms with E-state index in [2.05, 4.69) is 0 Å². The van der Waals surface area contributed by atoms with Gasteiger partial charge in [0, 0.05) is 5.92 Å². The molecule has 1 aliphatic rings. The summed E-state index contributed by atoms with van der Waals surface area (Å²) in [6.45, 7) is 1.84. The standard InChI is InChI=1S/C27H27NO5/c1-19-23(20-13-7-4-8-14-20)33-28(22-17-11-6-12-18-22)24(21-15-9-5-10-16-21)27(19,25(29)31-2)26(30)32-3/h4-19,23-24H,1-3H3/t19-,23-,24+/m0/s1. The van der Waals surface area contributed by atoms with Crippen molar-refractivity contribution < 1.29 is 23.9 Å². The number of methoxy groups -OCH3 is 2. The molecule has 0 aliphatic carbocycles. The lowest BCUT2D eigenvalue weighted by Crippen LogP contribution is -2.61. The SMILES string of the molecule is COC(=O)C1(C(=O)OC)[C@@H](C)[C@@H](c2ccccc2)ON(c2ccccc2)[C@@H]1c1ccccc1. The van der Waals surface area contributed by atoms with Gasteiger partial charge in [0.2, 0.25) is 0 Å². The fourth-order valence-corrected chi connectivity index (χ4v) is 4.77. The van der Waals surface area contributed by atoms with E-state index in [0.717, 1.165) is 11.1 Å². The van der Waals surface area contributed by atoms with E-state index < -0.39 is 35.4 Å². The lowest BCUT2D eigenvalue weighted by atomic mass is 9.64. The van der Waals surface area contributed by atoms with Gasteiger partial charge >= 0.3 is 11.9 Å². The maximum absolute atomic E-state index is 13.6. The highest BCUT2D eigenvalue weighted by molar-refractivity contribution is 6.02. The minimum atomic E-state index is -1.69. The molecule has 170 valence electrons. The average molecular weight is 446 g/mol. The molecule has 0 N–H and O–H groups in total.